The SMILES string of the molecule is C[C@@H](Oc1ccccc1)C(=O)NCCSCc1ccc(Cl)cc1Cl. The van der Waals surface area contributed by atoms with E-state index in [1.807, 2.05) is 42.5 Å². The summed E-state index contributed by atoms with van der Waals surface area (Å²) in [6.07, 6.45) is -0.525. The zero-order chi connectivity index (χ0) is 17.4. The third-order valence-electron chi connectivity index (χ3n) is 3.24. The lowest BCUT2D eigenvalue weighted by Crippen LogP contribution is -2.37. The van der Waals surface area contributed by atoms with Crippen LogP contribution in [0.2, 0.25) is 10.0 Å². The number of hydrogen-bond acceptors (Lipinski definition) is 3. The van der Waals surface area contributed by atoms with Crippen molar-refractivity contribution in [3.63, 3.8) is 0 Å². The van der Waals surface area contributed by atoms with E-state index < -0.39 is 6.10 Å². The first kappa shape index (κ1) is 19.0. The van der Waals surface area contributed by atoms with Crippen molar-refractivity contribution in [1.82, 2.24) is 5.32 Å². The van der Waals surface area contributed by atoms with E-state index in [2.05, 4.69) is 5.32 Å². The number of carbonyl (C=O) groups is 1. The zero-order valence-electron chi connectivity index (χ0n) is 13.3. The summed E-state index contributed by atoms with van der Waals surface area (Å²) in [4.78, 5) is 12.0. The minimum Gasteiger partial charge on any atom is -0.481 e. The van der Waals surface area contributed by atoms with E-state index in [0.29, 0.717) is 22.3 Å². The molecule has 0 heterocycles. The quantitative estimate of drug-likeness (QED) is 0.664. The lowest BCUT2D eigenvalue weighted by molar-refractivity contribution is -0.127. The highest BCUT2D eigenvalue weighted by Gasteiger charge is 2.13. The topological polar surface area (TPSA) is 38.3 Å². The summed E-state index contributed by atoms with van der Waals surface area (Å²) in [6.45, 7) is 2.32. The molecule has 1 atom stereocenters. The number of benzene rings is 2. The van der Waals surface area contributed by atoms with Gasteiger partial charge in [0.1, 0.15) is 5.75 Å². The van der Waals surface area contributed by atoms with Gasteiger partial charge in [-0.1, -0.05) is 47.5 Å². The van der Waals surface area contributed by atoms with Crippen molar-refractivity contribution in [3.8, 4) is 5.75 Å². The third kappa shape index (κ3) is 6.27. The Morgan fingerprint density at radius 1 is 1.21 bits per heavy atom. The predicted molar refractivity (Wildman–Crippen MR) is 102 cm³/mol. The van der Waals surface area contributed by atoms with Crippen LogP contribution < -0.4 is 10.1 Å². The van der Waals surface area contributed by atoms with E-state index >= 15 is 0 Å². The van der Waals surface area contributed by atoms with Crippen LogP contribution in [-0.4, -0.2) is 24.3 Å². The first-order valence-electron chi connectivity index (χ1n) is 7.57. The molecule has 0 spiro atoms. The molecule has 24 heavy (non-hydrogen) atoms. The molecule has 0 bridgehead atoms. The largest absolute Gasteiger partial charge is 0.481 e. The van der Waals surface area contributed by atoms with Crippen molar-refractivity contribution >= 4 is 40.9 Å². The monoisotopic (exact) mass is 383 g/mol. The van der Waals surface area contributed by atoms with Crippen LogP contribution in [0.3, 0.4) is 0 Å². The maximum absolute atomic E-state index is 12.0. The number of ether oxygens (including phenoxy) is 1. The van der Waals surface area contributed by atoms with Crippen molar-refractivity contribution in [2.24, 2.45) is 0 Å². The molecule has 0 aliphatic carbocycles. The highest BCUT2D eigenvalue weighted by atomic mass is 35.5. The first-order valence-corrected chi connectivity index (χ1v) is 9.48. The van der Waals surface area contributed by atoms with E-state index in [1.54, 1.807) is 24.8 Å². The van der Waals surface area contributed by atoms with Crippen LogP contribution in [0.1, 0.15) is 12.5 Å². The molecule has 0 aliphatic heterocycles. The number of carbonyl (C=O) groups excluding carboxylic acids is 1. The van der Waals surface area contributed by atoms with Crippen LogP contribution >= 0.6 is 35.0 Å². The van der Waals surface area contributed by atoms with Gasteiger partial charge < -0.3 is 10.1 Å². The molecule has 2 aromatic carbocycles. The van der Waals surface area contributed by atoms with Gasteiger partial charge in [0, 0.05) is 28.1 Å². The minimum atomic E-state index is -0.525. The van der Waals surface area contributed by atoms with E-state index in [4.69, 9.17) is 27.9 Å². The summed E-state index contributed by atoms with van der Waals surface area (Å²) in [6, 6.07) is 14.8. The molecule has 0 unspecified atom stereocenters. The minimum absolute atomic E-state index is 0.121. The summed E-state index contributed by atoms with van der Waals surface area (Å²) in [5.41, 5.74) is 1.04. The Balaban J connectivity index is 1.65. The van der Waals surface area contributed by atoms with Crippen molar-refractivity contribution in [3.05, 3.63) is 64.1 Å². The lowest BCUT2D eigenvalue weighted by Gasteiger charge is -2.14. The molecular weight excluding hydrogens is 365 g/mol. The molecule has 2 aromatic rings. The van der Waals surface area contributed by atoms with Crippen LogP contribution in [0.4, 0.5) is 0 Å². The number of halogens is 2. The normalized spacial score (nSPS) is 11.8. The van der Waals surface area contributed by atoms with Gasteiger partial charge in [0.15, 0.2) is 6.10 Å². The van der Waals surface area contributed by atoms with Gasteiger partial charge in [-0.25, -0.2) is 0 Å². The average Bonchev–Trinajstić information content (AvgIpc) is 2.57. The Kier molecular flexibility index (Phi) is 7.76. The Bertz CT molecular complexity index is 667. The van der Waals surface area contributed by atoms with Gasteiger partial charge in [-0.05, 0) is 36.8 Å². The standard InChI is InChI=1S/C18H19Cl2NO2S/c1-13(23-16-5-3-2-4-6-16)18(22)21-9-10-24-12-14-7-8-15(19)11-17(14)20/h2-8,11,13H,9-10,12H2,1H3,(H,21,22)/t13-/m1/s1. The zero-order valence-corrected chi connectivity index (χ0v) is 15.6. The Labute approximate surface area is 156 Å². The van der Waals surface area contributed by atoms with Crippen molar-refractivity contribution in [2.75, 3.05) is 12.3 Å². The lowest BCUT2D eigenvalue weighted by atomic mass is 10.2. The molecule has 1 N–H and O–H groups in total. The molecule has 0 aromatic heterocycles. The number of nitrogens with one attached hydrogen (secondary N) is 1. The molecule has 0 saturated carbocycles. The van der Waals surface area contributed by atoms with Crippen LogP contribution in [0.15, 0.2) is 48.5 Å². The molecule has 0 fully saturated rings. The van der Waals surface area contributed by atoms with Gasteiger partial charge in [-0.15, -0.1) is 0 Å². The molecule has 0 radical (unpaired) electrons. The summed E-state index contributed by atoms with van der Waals surface area (Å²) in [5, 5.41) is 4.18. The molecule has 128 valence electrons. The van der Waals surface area contributed by atoms with Crippen LogP contribution in [0, 0.1) is 0 Å². The van der Waals surface area contributed by atoms with Gasteiger partial charge in [0.2, 0.25) is 0 Å². The fourth-order valence-electron chi connectivity index (χ4n) is 1.97. The van der Waals surface area contributed by atoms with Gasteiger partial charge in [-0.2, -0.15) is 11.8 Å². The summed E-state index contributed by atoms with van der Waals surface area (Å²) in [5.74, 6) is 2.14. The second kappa shape index (κ2) is 9.82. The summed E-state index contributed by atoms with van der Waals surface area (Å²) < 4.78 is 5.58. The molecule has 3 nitrogen and oxygen atoms in total. The van der Waals surface area contributed by atoms with Gasteiger partial charge >= 0.3 is 0 Å². The number of rotatable bonds is 8. The van der Waals surface area contributed by atoms with Crippen LogP contribution in [0.5, 0.6) is 5.75 Å². The van der Waals surface area contributed by atoms with Crippen molar-refractivity contribution < 1.29 is 9.53 Å². The average molecular weight is 384 g/mol. The number of hydrogen-bond donors (Lipinski definition) is 1. The van der Waals surface area contributed by atoms with E-state index in [-0.39, 0.29) is 5.91 Å². The fraction of sp³-hybridized carbons (Fsp3) is 0.278. The number of para-hydroxylation sites is 1. The second-order valence-corrected chi connectivity index (χ2v) is 7.10. The maximum atomic E-state index is 12.0. The predicted octanol–water partition coefficient (Wildman–Crippen LogP) is 4.81. The van der Waals surface area contributed by atoms with Gasteiger partial charge in [0.05, 0.1) is 0 Å². The van der Waals surface area contributed by atoms with E-state index in [9.17, 15) is 4.79 Å². The van der Waals surface area contributed by atoms with Crippen LogP contribution in [0.25, 0.3) is 0 Å². The fourth-order valence-corrected chi connectivity index (χ4v) is 3.38. The van der Waals surface area contributed by atoms with E-state index in [0.717, 1.165) is 17.1 Å². The third-order valence-corrected chi connectivity index (χ3v) is 4.84. The Hall–Kier alpha value is -1.36. The molecule has 0 aliphatic rings. The molecule has 2 rings (SSSR count). The highest BCUT2D eigenvalue weighted by molar-refractivity contribution is 7.98. The Morgan fingerprint density at radius 2 is 1.96 bits per heavy atom. The maximum Gasteiger partial charge on any atom is 0.260 e. The van der Waals surface area contributed by atoms with Gasteiger partial charge in [-0.3, -0.25) is 4.79 Å². The van der Waals surface area contributed by atoms with Gasteiger partial charge in [0.25, 0.3) is 5.91 Å². The smallest absolute Gasteiger partial charge is 0.260 e. The van der Waals surface area contributed by atoms with E-state index in [1.165, 1.54) is 0 Å². The van der Waals surface area contributed by atoms with Crippen molar-refractivity contribution in [2.45, 2.75) is 18.8 Å². The molecular formula is C18H19Cl2NO2S. The molecule has 0 saturated heterocycles. The first-order chi connectivity index (χ1) is 11.6. The van der Waals surface area contributed by atoms with Crippen molar-refractivity contribution in [1.29, 1.82) is 0 Å². The summed E-state index contributed by atoms with van der Waals surface area (Å²) in [7, 11) is 0. The number of thioether (sulfide) groups is 1. The second-order valence-electron chi connectivity index (χ2n) is 5.15. The molecule has 1 amide bonds. The summed E-state index contributed by atoms with van der Waals surface area (Å²) >= 11 is 13.7. The number of amides is 1. The highest BCUT2D eigenvalue weighted by Crippen LogP contribution is 2.24. The Morgan fingerprint density at radius 3 is 2.67 bits per heavy atom. The van der Waals surface area contributed by atoms with Crippen LogP contribution in [-0.2, 0) is 10.5 Å². The molecule has 6 heteroatoms.